The second-order valence-corrected chi connectivity index (χ2v) is 6.73. The molecule has 3 amide bonds. The number of carbonyl (C=O) groups excluding carboxylic acids is 3. The summed E-state index contributed by atoms with van der Waals surface area (Å²) in [5.41, 5.74) is 5.35. The van der Waals surface area contributed by atoms with Crippen LogP contribution >= 0.6 is 11.8 Å². The molecule has 0 rings (SSSR count). The molecule has 0 saturated heterocycles. The Morgan fingerprint density at radius 2 is 1.63 bits per heavy atom. The van der Waals surface area contributed by atoms with Gasteiger partial charge in [0.15, 0.2) is 0 Å². The van der Waals surface area contributed by atoms with Crippen LogP contribution in [-0.4, -0.2) is 76.6 Å². The lowest BCUT2D eigenvalue weighted by atomic mass is 10.1. The van der Waals surface area contributed by atoms with Gasteiger partial charge in [-0.05, 0) is 31.8 Å². The monoisotopic (exact) mass is 406 g/mol. The fourth-order valence-corrected chi connectivity index (χ4v) is 2.35. The molecular formula is C15H26N4O7S. The van der Waals surface area contributed by atoms with Crippen LogP contribution in [0.15, 0.2) is 0 Å². The molecule has 0 spiro atoms. The van der Waals surface area contributed by atoms with Crippen LogP contribution in [0.4, 0.5) is 0 Å². The molecule has 12 heteroatoms. The molecule has 0 saturated carbocycles. The Balaban J connectivity index is 4.91. The quantitative estimate of drug-likeness (QED) is 0.203. The van der Waals surface area contributed by atoms with Crippen molar-refractivity contribution in [1.82, 2.24) is 16.0 Å². The van der Waals surface area contributed by atoms with E-state index in [4.69, 9.17) is 15.9 Å². The molecule has 0 aliphatic heterocycles. The fraction of sp³-hybridized carbons (Fsp3) is 0.667. The van der Waals surface area contributed by atoms with Gasteiger partial charge in [-0.25, -0.2) is 4.79 Å². The predicted octanol–water partition coefficient (Wildman–Crippen LogP) is -1.88. The lowest BCUT2D eigenvalue weighted by Gasteiger charge is -2.21. The molecule has 3 unspecified atom stereocenters. The first-order valence-electron chi connectivity index (χ1n) is 8.15. The summed E-state index contributed by atoms with van der Waals surface area (Å²) in [6.07, 6.45) is 1.31. The molecule has 0 aromatic heterocycles. The van der Waals surface area contributed by atoms with E-state index in [0.717, 1.165) is 0 Å². The van der Waals surface area contributed by atoms with E-state index in [-0.39, 0.29) is 12.8 Å². The highest BCUT2D eigenvalue weighted by atomic mass is 32.2. The Hall–Kier alpha value is -2.34. The number of nitrogens with one attached hydrogen (secondary N) is 3. The first-order chi connectivity index (χ1) is 12.6. The molecule has 154 valence electrons. The molecule has 11 nitrogen and oxygen atoms in total. The van der Waals surface area contributed by atoms with Gasteiger partial charge in [0.2, 0.25) is 17.7 Å². The molecule has 7 N–H and O–H groups in total. The van der Waals surface area contributed by atoms with Crippen molar-refractivity contribution in [3.05, 3.63) is 0 Å². The first kappa shape index (κ1) is 24.7. The second kappa shape index (κ2) is 12.9. The number of hydrogen-bond acceptors (Lipinski definition) is 7. The van der Waals surface area contributed by atoms with Gasteiger partial charge in [0.25, 0.3) is 0 Å². The highest BCUT2D eigenvalue weighted by molar-refractivity contribution is 7.98. The highest BCUT2D eigenvalue weighted by Gasteiger charge is 2.27. The van der Waals surface area contributed by atoms with Gasteiger partial charge in [0, 0.05) is 6.42 Å². The lowest BCUT2D eigenvalue weighted by Crippen LogP contribution is -2.53. The van der Waals surface area contributed by atoms with E-state index in [1.807, 2.05) is 0 Å². The number of nitrogens with two attached hydrogens (primary N) is 1. The second-order valence-electron chi connectivity index (χ2n) is 5.74. The smallest absolute Gasteiger partial charge is 0.326 e. The van der Waals surface area contributed by atoms with Gasteiger partial charge < -0.3 is 31.9 Å². The van der Waals surface area contributed by atoms with Crippen LogP contribution in [0.3, 0.4) is 0 Å². The van der Waals surface area contributed by atoms with Crippen molar-refractivity contribution in [3.63, 3.8) is 0 Å². The lowest BCUT2D eigenvalue weighted by molar-refractivity contribution is -0.143. The minimum absolute atomic E-state index is 0.173. The number of thioether (sulfide) groups is 1. The minimum atomic E-state index is -1.25. The molecular weight excluding hydrogens is 380 g/mol. The average molecular weight is 406 g/mol. The first-order valence-corrected chi connectivity index (χ1v) is 9.54. The van der Waals surface area contributed by atoms with E-state index in [1.54, 1.807) is 6.26 Å². The third kappa shape index (κ3) is 11.1. The predicted molar refractivity (Wildman–Crippen MR) is 98.0 cm³/mol. The van der Waals surface area contributed by atoms with Crippen molar-refractivity contribution in [2.24, 2.45) is 5.73 Å². The summed E-state index contributed by atoms with van der Waals surface area (Å²) in [6, 6.07) is -3.24. The van der Waals surface area contributed by atoms with Crippen molar-refractivity contribution in [2.45, 2.75) is 44.3 Å². The molecule has 0 aromatic carbocycles. The SMILES string of the molecule is CSCCC(NC(=O)C(CCC(=O)O)NC(=O)CNC(=O)C(C)N)C(=O)O. The number of hydrogen-bond donors (Lipinski definition) is 6. The van der Waals surface area contributed by atoms with Crippen LogP contribution in [0.5, 0.6) is 0 Å². The van der Waals surface area contributed by atoms with Crippen molar-refractivity contribution < 1.29 is 34.2 Å². The number of carboxylic acids is 2. The largest absolute Gasteiger partial charge is 0.481 e. The Labute approximate surface area is 160 Å². The van der Waals surface area contributed by atoms with E-state index in [1.165, 1.54) is 18.7 Å². The van der Waals surface area contributed by atoms with Gasteiger partial charge in [-0.3, -0.25) is 19.2 Å². The van der Waals surface area contributed by atoms with Gasteiger partial charge in [0.05, 0.1) is 12.6 Å². The van der Waals surface area contributed by atoms with Crippen molar-refractivity contribution in [3.8, 4) is 0 Å². The van der Waals surface area contributed by atoms with Gasteiger partial charge in [-0.2, -0.15) is 11.8 Å². The molecule has 3 atom stereocenters. The molecule has 0 bridgehead atoms. The van der Waals surface area contributed by atoms with E-state index >= 15 is 0 Å². The normalized spacial score (nSPS) is 13.7. The molecule has 0 aromatic rings. The third-order valence-electron chi connectivity index (χ3n) is 3.36. The maximum atomic E-state index is 12.3. The van der Waals surface area contributed by atoms with Gasteiger partial charge in [-0.15, -0.1) is 0 Å². The summed E-state index contributed by atoms with van der Waals surface area (Å²) in [5.74, 6) is -4.02. The maximum absolute atomic E-state index is 12.3. The van der Waals surface area contributed by atoms with Crippen molar-refractivity contribution in [1.29, 1.82) is 0 Å². The topological polar surface area (TPSA) is 188 Å². The molecule has 0 radical (unpaired) electrons. The Kier molecular flexibility index (Phi) is 11.8. The number of amides is 3. The van der Waals surface area contributed by atoms with Crippen LogP contribution in [0.25, 0.3) is 0 Å². The molecule has 0 heterocycles. The van der Waals surface area contributed by atoms with Crippen LogP contribution in [0.2, 0.25) is 0 Å². The van der Waals surface area contributed by atoms with Crippen LogP contribution in [0.1, 0.15) is 26.2 Å². The zero-order chi connectivity index (χ0) is 21.0. The Morgan fingerprint density at radius 1 is 1.00 bits per heavy atom. The average Bonchev–Trinajstić information content (AvgIpc) is 2.59. The highest BCUT2D eigenvalue weighted by Crippen LogP contribution is 2.04. The molecule has 27 heavy (non-hydrogen) atoms. The van der Waals surface area contributed by atoms with Crippen molar-refractivity contribution in [2.75, 3.05) is 18.6 Å². The third-order valence-corrected chi connectivity index (χ3v) is 4.00. The summed E-state index contributed by atoms with van der Waals surface area (Å²) in [5, 5.41) is 24.8. The standard InChI is InChI=1S/C15H26N4O7S/c1-8(16)13(23)17-7-11(20)18-9(3-4-12(21)22)14(24)19-10(15(25)26)5-6-27-2/h8-10H,3-7,16H2,1-2H3,(H,17,23)(H,18,20)(H,19,24)(H,21,22)(H,25,26). The van der Waals surface area contributed by atoms with Crippen LogP contribution in [0, 0.1) is 0 Å². The zero-order valence-corrected chi connectivity index (χ0v) is 16.0. The molecule has 0 aliphatic carbocycles. The Bertz CT molecular complexity index is 556. The van der Waals surface area contributed by atoms with Gasteiger partial charge in [-0.1, -0.05) is 0 Å². The van der Waals surface area contributed by atoms with Crippen LogP contribution in [-0.2, 0) is 24.0 Å². The molecule has 0 aliphatic rings. The van der Waals surface area contributed by atoms with E-state index in [0.29, 0.717) is 5.75 Å². The summed E-state index contributed by atoms with van der Waals surface area (Å²) in [4.78, 5) is 57.6. The summed E-state index contributed by atoms with van der Waals surface area (Å²) < 4.78 is 0. The van der Waals surface area contributed by atoms with E-state index in [2.05, 4.69) is 16.0 Å². The fourth-order valence-electron chi connectivity index (χ4n) is 1.88. The molecule has 0 fully saturated rings. The number of rotatable bonds is 13. The van der Waals surface area contributed by atoms with Crippen LogP contribution < -0.4 is 21.7 Å². The van der Waals surface area contributed by atoms with E-state index in [9.17, 15) is 24.0 Å². The Morgan fingerprint density at radius 3 is 2.11 bits per heavy atom. The summed E-state index contributed by atoms with van der Waals surface area (Å²) in [6.45, 7) is 0.975. The van der Waals surface area contributed by atoms with Gasteiger partial charge in [0.1, 0.15) is 12.1 Å². The van der Waals surface area contributed by atoms with Gasteiger partial charge >= 0.3 is 11.9 Å². The summed E-state index contributed by atoms with van der Waals surface area (Å²) >= 11 is 1.41. The number of carboxylic acid groups (broad SMARTS) is 2. The minimum Gasteiger partial charge on any atom is -0.481 e. The van der Waals surface area contributed by atoms with Crippen molar-refractivity contribution >= 4 is 41.4 Å². The summed E-state index contributed by atoms with van der Waals surface area (Å²) in [7, 11) is 0. The van der Waals surface area contributed by atoms with E-state index < -0.39 is 60.8 Å². The zero-order valence-electron chi connectivity index (χ0n) is 15.2. The number of carbonyl (C=O) groups is 5. The maximum Gasteiger partial charge on any atom is 0.326 e. The number of aliphatic carboxylic acids is 2.